The number of nitrogens with zero attached hydrogens (tertiary/aromatic N) is 2. The van der Waals surface area contributed by atoms with Gasteiger partial charge in [0.15, 0.2) is 0 Å². The third-order valence-corrected chi connectivity index (χ3v) is 4.66. The van der Waals surface area contributed by atoms with Gasteiger partial charge in [0.25, 0.3) is 0 Å². The van der Waals surface area contributed by atoms with Crippen LogP contribution in [0.25, 0.3) is 0 Å². The van der Waals surface area contributed by atoms with E-state index in [0.717, 1.165) is 13.1 Å². The number of hydrogen-bond donors (Lipinski definition) is 0. The van der Waals surface area contributed by atoms with Gasteiger partial charge in [-0.2, -0.15) is 0 Å². The second-order valence-corrected chi connectivity index (χ2v) is 6.73. The second kappa shape index (κ2) is 9.42. The normalized spacial score (nSPS) is 16.3. The highest BCUT2D eigenvalue weighted by Crippen LogP contribution is 2.22. The summed E-state index contributed by atoms with van der Waals surface area (Å²) in [5.41, 5.74) is 3.66. The van der Waals surface area contributed by atoms with Crippen molar-refractivity contribution in [1.29, 1.82) is 0 Å². The quantitative estimate of drug-likeness (QED) is 0.502. The van der Waals surface area contributed by atoms with Crippen LogP contribution in [-0.2, 0) is 0 Å². The van der Waals surface area contributed by atoms with Crippen molar-refractivity contribution in [3.63, 3.8) is 0 Å². The molecule has 122 valence electrons. The highest BCUT2D eigenvalue weighted by Gasteiger charge is 2.11. The monoisotopic (exact) mass is 340 g/mol. The van der Waals surface area contributed by atoms with Crippen molar-refractivity contribution >= 4 is 35.1 Å². The van der Waals surface area contributed by atoms with E-state index in [1.54, 1.807) is 0 Å². The summed E-state index contributed by atoms with van der Waals surface area (Å²) in [6, 6.07) is 7.04. The fourth-order valence-electron chi connectivity index (χ4n) is 2.99. The standard InChI is InChI=1S/C18H26Cl2N2/c1-15-13-18(22(11-9-19)12-10-20)8-7-16(15)14-21-17-5-3-2-4-6-17/h7-8,13-14,17H,2-6,9-12H2,1H3. The molecule has 0 N–H and O–H groups in total. The number of aliphatic imine (C=N–C) groups is 1. The van der Waals surface area contributed by atoms with Gasteiger partial charge >= 0.3 is 0 Å². The molecular formula is C18H26Cl2N2. The predicted octanol–water partition coefficient (Wildman–Crippen LogP) is 5.03. The summed E-state index contributed by atoms with van der Waals surface area (Å²) in [6.07, 6.45) is 8.57. The molecule has 0 saturated heterocycles. The lowest BCUT2D eigenvalue weighted by molar-refractivity contribution is 0.444. The summed E-state index contributed by atoms with van der Waals surface area (Å²) in [5, 5.41) is 0. The minimum absolute atomic E-state index is 0.525. The Kier molecular flexibility index (Phi) is 7.54. The maximum Gasteiger partial charge on any atom is 0.0499 e. The van der Waals surface area contributed by atoms with Gasteiger partial charge in [0.05, 0.1) is 0 Å². The Bertz CT molecular complexity index is 476. The van der Waals surface area contributed by atoms with E-state index in [9.17, 15) is 0 Å². The molecule has 0 atom stereocenters. The summed E-state index contributed by atoms with van der Waals surface area (Å²) in [7, 11) is 0. The first kappa shape index (κ1) is 17.6. The third kappa shape index (κ3) is 5.17. The Hall–Kier alpha value is -0.730. The first-order chi connectivity index (χ1) is 10.7. The average molecular weight is 341 g/mol. The van der Waals surface area contributed by atoms with Crippen molar-refractivity contribution in [3.05, 3.63) is 29.3 Å². The summed E-state index contributed by atoms with van der Waals surface area (Å²) < 4.78 is 0. The zero-order valence-electron chi connectivity index (χ0n) is 13.4. The minimum atomic E-state index is 0.525. The van der Waals surface area contributed by atoms with E-state index in [2.05, 4.69) is 36.2 Å². The number of aryl methyl sites for hydroxylation is 1. The maximum atomic E-state index is 5.88. The van der Waals surface area contributed by atoms with Gasteiger partial charge in [-0.25, -0.2) is 0 Å². The average Bonchev–Trinajstić information content (AvgIpc) is 2.54. The van der Waals surface area contributed by atoms with E-state index < -0.39 is 0 Å². The van der Waals surface area contributed by atoms with Crippen LogP contribution in [0.1, 0.15) is 43.2 Å². The van der Waals surface area contributed by atoms with Crippen molar-refractivity contribution in [1.82, 2.24) is 0 Å². The van der Waals surface area contributed by atoms with Crippen molar-refractivity contribution in [2.24, 2.45) is 4.99 Å². The van der Waals surface area contributed by atoms with E-state index in [4.69, 9.17) is 28.2 Å². The van der Waals surface area contributed by atoms with Crippen LogP contribution in [0.2, 0.25) is 0 Å². The van der Waals surface area contributed by atoms with Gasteiger partial charge in [0.2, 0.25) is 0 Å². The molecule has 4 heteroatoms. The molecule has 1 aromatic carbocycles. The molecule has 0 bridgehead atoms. The number of halogens is 2. The Morgan fingerprint density at radius 3 is 2.41 bits per heavy atom. The molecule has 0 amide bonds. The highest BCUT2D eigenvalue weighted by molar-refractivity contribution is 6.18. The molecule has 2 nitrogen and oxygen atoms in total. The molecule has 2 rings (SSSR count). The Balaban J connectivity index is 2.06. The van der Waals surface area contributed by atoms with Crippen LogP contribution in [0.3, 0.4) is 0 Å². The topological polar surface area (TPSA) is 15.6 Å². The van der Waals surface area contributed by atoms with Crippen LogP contribution < -0.4 is 4.90 Å². The number of anilines is 1. The van der Waals surface area contributed by atoms with Crippen molar-refractivity contribution in [3.8, 4) is 0 Å². The van der Waals surface area contributed by atoms with Gasteiger partial charge in [0.1, 0.15) is 0 Å². The van der Waals surface area contributed by atoms with Crippen LogP contribution in [-0.4, -0.2) is 37.1 Å². The lowest BCUT2D eigenvalue weighted by Crippen LogP contribution is -2.27. The fourth-order valence-corrected chi connectivity index (χ4v) is 3.40. The zero-order chi connectivity index (χ0) is 15.8. The molecule has 1 aliphatic rings. The Morgan fingerprint density at radius 2 is 1.82 bits per heavy atom. The molecule has 0 aromatic heterocycles. The molecule has 0 aliphatic heterocycles. The molecule has 1 fully saturated rings. The summed E-state index contributed by atoms with van der Waals surface area (Å²) in [5.74, 6) is 1.22. The van der Waals surface area contributed by atoms with E-state index in [0.29, 0.717) is 17.8 Å². The molecule has 0 radical (unpaired) electrons. The number of rotatable bonds is 7. The number of alkyl halides is 2. The number of hydrogen-bond acceptors (Lipinski definition) is 2. The van der Waals surface area contributed by atoms with Crippen LogP contribution in [0.5, 0.6) is 0 Å². The smallest absolute Gasteiger partial charge is 0.0499 e. The van der Waals surface area contributed by atoms with Gasteiger partial charge in [-0.15, -0.1) is 23.2 Å². The van der Waals surface area contributed by atoms with Gasteiger partial charge in [-0.05, 0) is 43.0 Å². The van der Waals surface area contributed by atoms with E-state index >= 15 is 0 Å². The fraction of sp³-hybridized carbons (Fsp3) is 0.611. The zero-order valence-corrected chi connectivity index (χ0v) is 14.9. The van der Waals surface area contributed by atoms with Crippen molar-refractivity contribution in [2.75, 3.05) is 29.7 Å². The van der Waals surface area contributed by atoms with Gasteiger partial charge in [0, 0.05) is 42.8 Å². The van der Waals surface area contributed by atoms with E-state index in [-0.39, 0.29) is 0 Å². The van der Waals surface area contributed by atoms with Crippen LogP contribution in [0.4, 0.5) is 5.69 Å². The minimum Gasteiger partial charge on any atom is -0.369 e. The molecule has 22 heavy (non-hydrogen) atoms. The van der Waals surface area contributed by atoms with Gasteiger partial charge < -0.3 is 4.90 Å². The summed E-state index contributed by atoms with van der Waals surface area (Å²) >= 11 is 11.8. The van der Waals surface area contributed by atoms with Crippen LogP contribution in [0, 0.1) is 6.92 Å². The largest absolute Gasteiger partial charge is 0.369 e. The second-order valence-electron chi connectivity index (χ2n) is 5.98. The van der Waals surface area contributed by atoms with E-state index in [1.165, 1.54) is 48.9 Å². The summed E-state index contributed by atoms with van der Waals surface area (Å²) in [4.78, 5) is 7.01. The maximum absolute atomic E-state index is 5.88. The predicted molar refractivity (Wildman–Crippen MR) is 99.3 cm³/mol. The number of benzene rings is 1. The SMILES string of the molecule is Cc1cc(N(CCCl)CCCl)ccc1C=NC1CCCCC1. The first-order valence-electron chi connectivity index (χ1n) is 8.25. The van der Waals surface area contributed by atoms with Gasteiger partial charge in [-0.3, -0.25) is 4.99 Å². The van der Waals surface area contributed by atoms with Crippen molar-refractivity contribution < 1.29 is 0 Å². The Morgan fingerprint density at radius 1 is 1.14 bits per heavy atom. The van der Waals surface area contributed by atoms with Crippen molar-refractivity contribution in [2.45, 2.75) is 45.1 Å². The third-order valence-electron chi connectivity index (χ3n) is 4.33. The lowest BCUT2D eigenvalue weighted by Gasteiger charge is -2.23. The molecule has 1 aromatic rings. The van der Waals surface area contributed by atoms with Crippen LogP contribution in [0.15, 0.2) is 23.2 Å². The molecule has 1 aliphatic carbocycles. The molecule has 1 saturated carbocycles. The molecular weight excluding hydrogens is 315 g/mol. The first-order valence-corrected chi connectivity index (χ1v) is 9.32. The summed E-state index contributed by atoms with van der Waals surface area (Å²) in [6.45, 7) is 3.79. The lowest BCUT2D eigenvalue weighted by atomic mass is 9.96. The highest BCUT2D eigenvalue weighted by atomic mass is 35.5. The van der Waals surface area contributed by atoms with Gasteiger partial charge in [-0.1, -0.05) is 25.3 Å². The van der Waals surface area contributed by atoms with Crippen LogP contribution >= 0.6 is 23.2 Å². The molecule has 0 unspecified atom stereocenters. The van der Waals surface area contributed by atoms with E-state index in [1.807, 2.05) is 0 Å². The molecule has 0 spiro atoms. The molecule has 0 heterocycles. The Labute approximate surface area is 144 Å².